The molecule has 0 bridgehead atoms. The lowest BCUT2D eigenvalue weighted by Crippen LogP contribution is -2.54. The van der Waals surface area contributed by atoms with E-state index in [9.17, 15) is 22.8 Å². The topological polar surface area (TPSA) is 160 Å². The van der Waals surface area contributed by atoms with Crippen LogP contribution in [0.15, 0.2) is 23.4 Å². The fourth-order valence-corrected chi connectivity index (χ4v) is 6.54. The number of carbonyl (C=O) groups is 2. The van der Waals surface area contributed by atoms with Crippen LogP contribution in [-0.2, 0) is 33.3 Å². The van der Waals surface area contributed by atoms with Gasteiger partial charge in [-0.15, -0.1) is 16.9 Å². The number of nitrogens with zero attached hydrogens (tertiary/aromatic N) is 6. The molecule has 8 unspecified atom stereocenters. The predicted molar refractivity (Wildman–Crippen MR) is 140 cm³/mol. The van der Waals surface area contributed by atoms with Crippen molar-refractivity contribution in [2.24, 2.45) is 11.0 Å². The number of ether oxygens (including phenoxy) is 5. The molecule has 8 atom stereocenters. The third-order valence-electron chi connectivity index (χ3n) is 6.98. The van der Waals surface area contributed by atoms with E-state index in [-0.39, 0.29) is 31.1 Å². The normalized spacial score (nSPS) is 29.4. The Balaban J connectivity index is 1.68. The second kappa shape index (κ2) is 13.7. The number of azide groups is 1. The Kier molecular flexibility index (Phi) is 10.3. The van der Waals surface area contributed by atoms with E-state index in [0.717, 1.165) is 12.1 Å². The standard InChI is InChI=1S/C25H29F3N6O7S/c1-11-19(9-39-12(2)35)41-25(42-20-10-38-8-18(30-32-29)23(20)40-13(3)36)24(37-4)22(11)34-7-17(31-33-34)14-5-15(26)21(28)16(27)6-14/h5-7,11,18-20,22-25H,8-10H2,1-4H3. The first-order valence-corrected chi connectivity index (χ1v) is 13.8. The molecule has 17 heteroatoms. The molecule has 1 aromatic heterocycles. The zero-order valence-corrected chi connectivity index (χ0v) is 23.9. The molecule has 42 heavy (non-hydrogen) atoms. The van der Waals surface area contributed by atoms with E-state index in [1.807, 2.05) is 6.92 Å². The Hall–Kier alpha value is -3.37. The van der Waals surface area contributed by atoms with E-state index < -0.39 is 76.4 Å². The van der Waals surface area contributed by atoms with Crippen LogP contribution in [0.3, 0.4) is 0 Å². The van der Waals surface area contributed by atoms with Gasteiger partial charge < -0.3 is 23.7 Å². The van der Waals surface area contributed by atoms with Gasteiger partial charge in [-0.1, -0.05) is 17.3 Å². The molecular formula is C25H29F3N6O7S. The predicted octanol–water partition coefficient (Wildman–Crippen LogP) is 3.59. The maximum atomic E-state index is 13.9. The van der Waals surface area contributed by atoms with Crippen LogP contribution >= 0.6 is 11.8 Å². The van der Waals surface area contributed by atoms with Gasteiger partial charge in [0, 0.05) is 37.4 Å². The minimum Gasteiger partial charge on any atom is -0.463 e. The molecule has 0 amide bonds. The van der Waals surface area contributed by atoms with E-state index in [4.69, 9.17) is 29.2 Å². The number of rotatable bonds is 9. The van der Waals surface area contributed by atoms with E-state index in [1.165, 1.54) is 43.6 Å². The first kappa shape index (κ1) is 31.6. The minimum absolute atomic E-state index is 0.0265. The maximum absolute atomic E-state index is 13.9. The number of benzene rings is 1. The Morgan fingerprint density at radius 2 is 1.90 bits per heavy atom. The third kappa shape index (κ3) is 6.98. The van der Waals surface area contributed by atoms with Crippen LogP contribution in [0.5, 0.6) is 0 Å². The van der Waals surface area contributed by atoms with Crippen molar-refractivity contribution in [3.05, 3.63) is 46.2 Å². The highest BCUT2D eigenvalue weighted by molar-refractivity contribution is 8.00. The molecule has 13 nitrogen and oxygen atoms in total. The summed E-state index contributed by atoms with van der Waals surface area (Å²) in [6.07, 6.45) is -0.782. The highest BCUT2D eigenvalue weighted by Crippen LogP contribution is 2.43. The van der Waals surface area contributed by atoms with E-state index >= 15 is 0 Å². The van der Waals surface area contributed by atoms with Gasteiger partial charge >= 0.3 is 11.9 Å². The van der Waals surface area contributed by atoms with Crippen LogP contribution in [0.25, 0.3) is 21.7 Å². The molecule has 2 saturated heterocycles. The first-order valence-electron chi connectivity index (χ1n) is 12.9. The number of thioether (sulfide) groups is 1. The number of esters is 2. The minimum atomic E-state index is -1.60. The second-order valence-electron chi connectivity index (χ2n) is 9.79. The summed E-state index contributed by atoms with van der Waals surface area (Å²) in [6, 6.07) is 0.238. The average Bonchev–Trinajstić information content (AvgIpc) is 3.42. The van der Waals surface area contributed by atoms with Gasteiger partial charge in [-0.3, -0.25) is 9.59 Å². The molecule has 0 spiro atoms. The van der Waals surface area contributed by atoms with Crippen molar-refractivity contribution in [2.75, 3.05) is 26.9 Å². The highest BCUT2D eigenvalue weighted by atomic mass is 32.2. The molecule has 2 aliphatic rings. The molecule has 1 aromatic carbocycles. The fourth-order valence-electron chi connectivity index (χ4n) is 5.00. The van der Waals surface area contributed by atoms with E-state index in [0.29, 0.717) is 0 Å². The smallest absolute Gasteiger partial charge is 0.302 e. The lowest BCUT2D eigenvalue weighted by molar-refractivity contribution is -0.172. The maximum Gasteiger partial charge on any atom is 0.302 e. The molecule has 0 aliphatic carbocycles. The molecule has 2 fully saturated rings. The summed E-state index contributed by atoms with van der Waals surface area (Å²) in [4.78, 5) is 26.3. The Morgan fingerprint density at radius 3 is 2.52 bits per heavy atom. The van der Waals surface area contributed by atoms with Gasteiger partial charge in [0.1, 0.15) is 29.9 Å². The van der Waals surface area contributed by atoms with E-state index in [1.54, 1.807) is 0 Å². The van der Waals surface area contributed by atoms with Crippen molar-refractivity contribution in [3.63, 3.8) is 0 Å². The number of halogens is 3. The van der Waals surface area contributed by atoms with E-state index in [2.05, 4.69) is 20.3 Å². The number of hydrogen-bond acceptors (Lipinski definition) is 11. The lowest BCUT2D eigenvalue weighted by Gasteiger charge is -2.46. The van der Waals surface area contributed by atoms with Crippen molar-refractivity contribution >= 4 is 23.7 Å². The number of carbonyl (C=O) groups excluding carboxylic acids is 2. The Morgan fingerprint density at radius 1 is 1.19 bits per heavy atom. The largest absolute Gasteiger partial charge is 0.463 e. The van der Waals surface area contributed by atoms with Gasteiger partial charge in [-0.25, -0.2) is 17.9 Å². The monoisotopic (exact) mass is 614 g/mol. The summed E-state index contributed by atoms with van der Waals surface area (Å²) >= 11 is 1.23. The number of methoxy groups -OCH3 is 1. The molecule has 2 aromatic rings. The SMILES string of the molecule is COC1C(SC2COCC(N=[N+]=[N-])C2OC(C)=O)OC(COC(C)=O)C(C)C1n1cc(-c2cc(F)c(F)c(F)c2)nn1. The van der Waals surface area contributed by atoms with Crippen molar-refractivity contribution in [1.29, 1.82) is 0 Å². The van der Waals surface area contributed by atoms with Crippen molar-refractivity contribution in [2.45, 2.75) is 61.9 Å². The van der Waals surface area contributed by atoms with Crippen LogP contribution in [-0.4, -0.2) is 88.9 Å². The van der Waals surface area contributed by atoms with Crippen LogP contribution in [0.1, 0.15) is 26.8 Å². The Labute approximate surface area is 242 Å². The quantitative estimate of drug-likeness (QED) is 0.134. The van der Waals surface area contributed by atoms with Gasteiger partial charge in [0.05, 0.1) is 42.8 Å². The zero-order valence-electron chi connectivity index (χ0n) is 23.1. The molecule has 3 heterocycles. The molecule has 0 N–H and O–H groups in total. The van der Waals surface area contributed by atoms with Gasteiger partial charge in [0.2, 0.25) is 0 Å². The third-order valence-corrected chi connectivity index (χ3v) is 8.39. The van der Waals surface area contributed by atoms with Crippen molar-refractivity contribution in [1.82, 2.24) is 15.0 Å². The summed E-state index contributed by atoms with van der Waals surface area (Å²) < 4.78 is 71.4. The van der Waals surface area contributed by atoms with Crippen LogP contribution in [0, 0.1) is 23.4 Å². The molecule has 4 rings (SSSR count). The number of aromatic nitrogens is 3. The molecule has 0 radical (unpaired) electrons. The summed E-state index contributed by atoms with van der Waals surface area (Å²) in [7, 11) is 1.46. The van der Waals surface area contributed by atoms with Crippen molar-refractivity contribution < 1.29 is 46.4 Å². The second-order valence-corrected chi connectivity index (χ2v) is 11.1. The molecule has 228 valence electrons. The summed E-state index contributed by atoms with van der Waals surface area (Å²) in [6.45, 7) is 4.42. The van der Waals surface area contributed by atoms with Crippen molar-refractivity contribution in [3.8, 4) is 11.3 Å². The summed E-state index contributed by atoms with van der Waals surface area (Å²) in [5.41, 5.74) is 8.28. The van der Waals surface area contributed by atoms with Gasteiger partial charge in [0.15, 0.2) is 17.5 Å². The van der Waals surface area contributed by atoms with Crippen LogP contribution in [0.4, 0.5) is 13.2 Å². The van der Waals surface area contributed by atoms with Gasteiger partial charge in [0.25, 0.3) is 0 Å². The lowest BCUT2D eigenvalue weighted by atomic mass is 9.89. The molecular weight excluding hydrogens is 585 g/mol. The van der Waals surface area contributed by atoms with Gasteiger partial charge in [-0.05, 0) is 17.7 Å². The Bertz CT molecular complexity index is 1320. The van der Waals surface area contributed by atoms with Crippen LogP contribution < -0.4 is 0 Å². The van der Waals surface area contributed by atoms with Crippen LogP contribution in [0.2, 0.25) is 0 Å². The summed E-state index contributed by atoms with van der Waals surface area (Å²) in [5, 5.41) is 11.4. The highest BCUT2D eigenvalue weighted by Gasteiger charge is 2.49. The average molecular weight is 615 g/mol. The zero-order chi connectivity index (χ0) is 30.6. The summed E-state index contributed by atoms with van der Waals surface area (Å²) in [5.74, 6) is -5.83. The molecule has 0 saturated carbocycles. The molecule has 2 aliphatic heterocycles. The van der Waals surface area contributed by atoms with Gasteiger partial charge in [-0.2, -0.15) is 0 Å². The first-order chi connectivity index (χ1) is 20.0. The fraction of sp³-hybridized carbons (Fsp3) is 0.600. The number of hydrogen-bond donors (Lipinski definition) is 0.